The van der Waals surface area contributed by atoms with Crippen LogP contribution in [0.2, 0.25) is 0 Å². The minimum atomic E-state index is -2.79. The van der Waals surface area contributed by atoms with Crippen molar-refractivity contribution in [2.24, 2.45) is 5.92 Å². The van der Waals surface area contributed by atoms with Crippen LogP contribution in [0.25, 0.3) is 10.9 Å². The Labute approximate surface area is 185 Å². The zero-order valence-corrected chi connectivity index (χ0v) is 17.8. The molecule has 7 nitrogen and oxygen atoms in total. The molecule has 1 aromatic carbocycles. The van der Waals surface area contributed by atoms with Crippen molar-refractivity contribution in [3.8, 4) is 6.07 Å². The second-order valence-electron chi connectivity index (χ2n) is 9.09. The molecule has 0 bridgehead atoms. The van der Waals surface area contributed by atoms with Gasteiger partial charge in [0.1, 0.15) is 18.1 Å². The molecule has 2 heterocycles. The Morgan fingerprint density at radius 1 is 1.12 bits per heavy atom. The quantitative estimate of drug-likeness (QED) is 0.787. The molecule has 1 aromatic heterocycles. The van der Waals surface area contributed by atoms with Crippen LogP contribution in [0.3, 0.4) is 0 Å². The van der Waals surface area contributed by atoms with E-state index in [1.807, 2.05) is 12.1 Å². The smallest absolute Gasteiger partial charge is 0.260 e. The Kier molecular flexibility index (Phi) is 5.41. The van der Waals surface area contributed by atoms with Gasteiger partial charge in [0.25, 0.3) is 5.92 Å². The number of carbonyl (C=O) groups excluding carboxylic acids is 1. The summed E-state index contributed by atoms with van der Waals surface area (Å²) in [6, 6.07) is 8.34. The molecular weight excluding hydrogens is 414 g/mol. The number of rotatable bonds is 4. The molecular formula is C23H26F2N6O. The van der Waals surface area contributed by atoms with E-state index in [-0.39, 0.29) is 12.3 Å². The molecule has 1 saturated heterocycles. The van der Waals surface area contributed by atoms with Crippen LogP contribution >= 0.6 is 0 Å². The van der Waals surface area contributed by atoms with E-state index < -0.39 is 11.8 Å². The van der Waals surface area contributed by atoms with Crippen LogP contribution in [0.1, 0.15) is 37.7 Å². The van der Waals surface area contributed by atoms with Gasteiger partial charge in [0.15, 0.2) is 0 Å². The summed E-state index contributed by atoms with van der Waals surface area (Å²) in [4.78, 5) is 24.9. The number of nitriles is 1. The van der Waals surface area contributed by atoms with Crippen LogP contribution in [0.15, 0.2) is 24.5 Å². The van der Waals surface area contributed by atoms with Gasteiger partial charge < -0.3 is 10.2 Å². The van der Waals surface area contributed by atoms with Crippen molar-refractivity contribution >= 4 is 22.6 Å². The van der Waals surface area contributed by atoms with E-state index >= 15 is 0 Å². The maximum Gasteiger partial charge on any atom is 0.260 e. The highest BCUT2D eigenvalue weighted by molar-refractivity contribution is 5.90. The largest absolute Gasteiger partial charge is 0.367 e. The molecule has 2 aliphatic carbocycles. The summed E-state index contributed by atoms with van der Waals surface area (Å²) in [7, 11) is 0. The minimum absolute atomic E-state index is 0.289. The highest BCUT2D eigenvalue weighted by atomic mass is 19.3. The predicted octanol–water partition coefficient (Wildman–Crippen LogP) is 3.02. The Balaban J connectivity index is 1.14. The van der Waals surface area contributed by atoms with E-state index in [4.69, 9.17) is 0 Å². The molecule has 0 spiro atoms. The van der Waals surface area contributed by atoms with Gasteiger partial charge in [0.05, 0.1) is 17.1 Å². The molecule has 1 aliphatic heterocycles. The molecule has 0 radical (unpaired) electrons. The van der Waals surface area contributed by atoms with Crippen molar-refractivity contribution in [2.75, 3.05) is 31.5 Å². The fourth-order valence-electron chi connectivity index (χ4n) is 5.03. The van der Waals surface area contributed by atoms with E-state index in [9.17, 15) is 18.8 Å². The highest BCUT2D eigenvalue weighted by Crippen LogP contribution is 2.49. The predicted molar refractivity (Wildman–Crippen MR) is 115 cm³/mol. The summed E-state index contributed by atoms with van der Waals surface area (Å²) in [6.07, 6.45) is 5.34. The SMILES string of the molecule is N#Cc1ccc2ncnc(N[C@H]3CC[C@H](N4CCN(C(=O)C5CC5(F)F)CC4)CC3)c2c1. The molecule has 2 aromatic rings. The summed E-state index contributed by atoms with van der Waals surface area (Å²) in [5, 5.41) is 13.6. The molecule has 1 unspecified atom stereocenters. The van der Waals surface area contributed by atoms with Gasteiger partial charge in [0, 0.05) is 50.1 Å². The molecule has 1 amide bonds. The first kappa shape index (κ1) is 21.0. The van der Waals surface area contributed by atoms with Crippen molar-refractivity contribution in [1.29, 1.82) is 5.26 Å². The normalized spacial score (nSPS) is 27.7. The van der Waals surface area contributed by atoms with E-state index in [2.05, 4.69) is 26.3 Å². The third-order valence-corrected chi connectivity index (χ3v) is 7.07. The molecule has 32 heavy (non-hydrogen) atoms. The van der Waals surface area contributed by atoms with Gasteiger partial charge in [0.2, 0.25) is 5.91 Å². The number of fused-ring (bicyclic) bond motifs is 1. The lowest BCUT2D eigenvalue weighted by molar-refractivity contribution is -0.137. The van der Waals surface area contributed by atoms with Gasteiger partial charge >= 0.3 is 0 Å². The number of halogens is 2. The average Bonchev–Trinajstić information content (AvgIpc) is 3.47. The number of anilines is 1. The van der Waals surface area contributed by atoms with Gasteiger partial charge in [-0.1, -0.05) is 0 Å². The summed E-state index contributed by atoms with van der Waals surface area (Å²) in [5.41, 5.74) is 1.40. The van der Waals surface area contributed by atoms with Gasteiger partial charge in [-0.3, -0.25) is 9.69 Å². The maximum atomic E-state index is 13.2. The van der Waals surface area contributed by atoms with Gasteiger partial charge in [-0.25, -0.2) is 18.7 Å². The number of nitrogens with zero attached hydrogens (tertiary/aromatic N) is 5. The number of nitrogens with one attached hydrogen (secondary N) is 1. The third kappa shape index (κ3) is 4.11. The summed E-state index contributed by atoms with van der Waals surface area (Å²) >= 11 is 0. The first-order valence-corrected chi connectivity index (χ1v) is 11.3. The Hall–Kier alpha value is -2.86. The van der Waals surface area contributed by atoms with Gasteiger partial charge in [-0.2, -0.15) is 5.26 Å². The van der Waals surface area contributed by atoms with Crippen molar-refractivity contribution < 1.29 is 13.6 Å². The van der Waals surface area contributed by atoms with Crippen LogP contribution in [-0.4, -0.2) is 69.9 Å². The van der Waals surface area contributed by atoms with Gasteiger partial charge in [-0.15, -0.1) is 0 Å². The fraction of sp³-hybridized carbons (Fsp3) is 0.565. The van der Waals surface area contributed by atoms with E-state index in [1.54, 1.807) is 17.3 Å². The lowest BCUT2D eigenvalue weighted by Gasteiger charge is -2.42. The zero-order valence-electron chi connectivity index (χ0n) is 17.8. The molecule has 9 heteroatoms. The number of aromatic nitrogens is 2. The standard InChI is InChI=1S/C23H26F2N6O/c24-23(25)12-19(23)22(32)31-9-7-30(8-10-31)17-4-2-16(3-5-17)29-21-18-11-15(13-26)1-6-20(18)27-14-28-21/h1,6,11,14,16-17,19H,2-5,7-10,12H2,(H,27,28,29)/t16-,17-,19?. The summed E-state index contributed by atoms with van der Waals surface area (Å²) in [6.45, 7) is 2.58. The Morgan fingerprint density at radius 3 is 2.50 bits per heavy atom. The van der Waals surface area contributed by atoms with Crippen molar-refractivity contribution in [1.82, 2.24) is 19.8 Å². The topological polar surface area (TPSA) is 85.2 Å². The second-order valence-corrected chi connectivity index (χ2v) is 9.09. The Bertz CT molecular complexity index is 1050. The monoisotopic (exact) mass is 440 g/mol. The molecule has 5 rings (SSSR count). The van der Waals surface area contributed by atoms with Crippen molar-refractivity contribution in [3.63, 3.8) is 0 Å². The first-order valence-electron chi connectivity index (χ1n) is 11.3. The van der Waals surface area contributed by atoms with Crippen LogP contribution in [0, 0.1) is 17.2 Å². The molecule has 3 aliphatic rings. The number of hydrogen-bond donors (Lipinski definition) is 1. The van der Waals surface area contributed by atoms with Crippen molar-refractivity contribution in [3.05, 3.63) is 30.1 Å². The second kappa shape index (κ2) is 8.24. The minimum Gasteiger partial charge on any atom is -0.367 e. The lowest BCUT2D eigenvalue weighted by atomic mass is 9.89. The van der Waals surface area contributed by atoms with Gasteiger partial charge in [-0.05, 0) is 43.9 Å². The van der Waals surface area contributed by atoms with Crippen LogP contribution in [-0.2, 0) is 4.79 Å². The third-order valence-electron chi connectivity index (χ3n) is 7.07. The number of carbonyl (C=O) groups is 1. The molecule has 1 N–H and O–H groups in total. The van der Waals surface area contributed by atoms with Crippen LogP contribution < -0.4 is 5.32 Å². The number of benzene rings is 1. The van der Waals surface area contributed by atoms with Crippen LogP contribution in [0.5, 0.6) is 0 Å². The summed E-state index contributed by atoms with van der Waals surface area (Å²) in [5.74, 6) is -3.48. The molecule has 2 saturated carbocycles. The summed E-state index contributed by atoms with van der Waals surface area (Å²) < 4.78 is 26.4. The van der Waals surface area contributed by atoms with E-state index in [0.29, 0.717) is 30.7 Å². The van der Waals surface area contributed by atoms with E-state index in [1.165, 1.54) is 0 Å². The first-order chi connectivity index (χ1) is 15.4. The number of hydrogen-bond acceptors (Lipinski definition) is 6. The number of piperazine rings is 1. The Morgan fingerprint density at radius 2 is 1.84 bits per heavy atom. The highest BCUT2D eigenvalue weighted by Gasteiger charge is 2.62. The fourth-order valence-corrected chi connectivity index (χ4v) is 5.03. The lowest BCUT2D eigenvalue weighted by Crippen LogP contribution is -2.53. The number of amides is 1. The van der Waals surface area contributed by atoms with E-state index in [0.717, 1.165) is 55.5 Å². The van der Waals surface area contributed by atoms with Crippen molar-refractivity contribution in [2.45, 2.75) is 50.1 Å². The molecule has 168 valence electrons. The number of alkyl halides is 2. The molecule has 3 fully saturated rings. The maximum absolute atomic E-state index is 13.2. The average molecular weight is 440 g/mol. The zero-order chi connectivity index (χ0) is 22.3. The molecule has 1 atom stereocenters. The van der Waals surface area contributed by atoms with Crippen LogP contribution in [0.4, 0.5) is 14.6 Å².